The second kappa shape index (κ2) is 6.20. The molecule has 1 heterocycles. The Hall–Kier alpha value is -2.33. The molecule has 0 saturated heterocycles. The van der Waals surface area contributed by atoms with Gasteiger partial charge in [-0.25, -0.2) is 4.79 Å². The molecule has 112 valence electrons. The molecule has 0 aliphatic carbocycles. The van der Waals surface area contributed by atoms with E-state index in [0.717, 1.165) is 16.5 Å². The number of carbonyl (C=O) groups excluding carboxylic acids is 1. The first-order valence-corrected chi connectivity index (χ1v) is 7.31. The SMILES string of the molecule is COC(=O)C(Cc1ccccc1)n1ncc2ccc(Cl)cc21. The van der Waals surface area contributed by atoms with Gasteiger partial charge in [-0.15, -0.1) is 0 Å². The lowest BCUT2D eigenvalue weighted by molar-refractivity contribution is -0.144. The minimum Gasteiger partial charge on any atom is -0.467 e. The average Bonchev–Trinajstić information content (AvgIpc) is 2.95. The van der Waals surface area contributed by atoms with Crippen molar-refractivity contribution in [1.29, 1.82) is 0 Å². The van der Waals surface area contributed by atoms with Gasteiger partial charge in [-0.1, -0.05) is 41.9 Å². The maximum atomic E-state index is 12.2. The third kappa shape index (κ3) is 2.83. The number of aromatic nitrogens is 2. The van der Waals surface area contributed by atoms with Crippen LogP contribution < -0.4 is 0 Å². The van der Waals surface area contributed by atoms with Crippen molar-refractivity contribution in [3.63, 3.8) is 0 Å². The van der Waals surface area contributed by atoms with Crippen molar-refractivity contribution in [2.45, 2.75) is 12.5 Å². The summed E-state index contributed by atoms with van der Waals surface area (Å²) >= 11 is 6.07. The number of rotatable bonds is 4. The molecule has 0 saturated carbocycles. The lowest BCUT2D eigenvalue weighted by Gasteiger charge is -2.16. The summed E-state index contributed by atoms with van der Waals surface area (Å²) in [6.07, 6.45) is 2.24. The van der Waals surface area contributed by atoms with E-state index in [2.05, 4.69) is 5.10 Å². The molecule has 5 heteroatoms. The number of methoxy groups -OCH3 is 1. The molecule has 1 aromatic heterocycles. The molecule has 3 aromatic rings. The normalized spacial score (nSPS) is 12.3. The van der Waals surface area contributed by atoms with Crippen LogP contribution in [0, 0.1) is 0 Å². The van der Waals surface area contributed by atoms with Gasteiger partial charge in [0.15, 0.2) is 6.04 Å². The molecule has 4 nitrogen and oxygen atoms in total. The monoisotopic (exact) mass is 314 g/mol. The van der Waals surface area contributed by atoms with E-state index in [1.54, 1.807) is 16.9 Å². The molecule has 2 aromatic carbocycles. The van der Waals surface area contributed by atoms with Crippen LogP contribution in [0.4, 0.5) is 0 Å². The molecule has 1 atom stereocenters. The molecule has 0 aliphatic heterocycles. The van der Waals surface area contributed by atoms with Crippen LogP contribution in [0.1, 0.15) is 11.6 Å². The van der Waals surface area contributed by atoms with E-state index in [9.17, 15) is 4.79 Å². The maximum Gasteiger partial charge on any atom is 0.331 e. The van der Waals surface area contributed by atoms with Gasteiger partial charge in [0.2, 0.25) is 0 Å². The van der Waals surface area contributed by atoms with E-state index in [1.165, 1.54) is 7.11 Å². The van der Waals surface area contributed by atoms with Crippen LogP contribution >= 0.6 is 11.6 Å². The second-order valence-corrected chi connectivity index (χ2v) is 5.46. The van der Waals surface area contributed by atoms with Gasteiger partial charge in [-0.05, 0) is 23.8 Å². The van der Waals surface area contributed by atoms with Gasteiger partial charge in [-0.2, -0.15) is 5.10 Å². The predicted octanol–water partition coefficient (Wildman–Crippen LogP) is 3.65. The Morgan fingerprint density at radius 1 is 1.27 bits per heavy atom. The van der Waals surface area contributed by atoms with Gasteiger partial charge < -0.3 is 4.74 Å². The highest BCUT2D eigenvalue weighted by Gasteiger charge is 2.24. The number of hydrogen-bond donors (Lipinski definition) is 0. The molecule has 0 amide bonds. The molecule has 0 radical (unpaired) electrons. The van der Waals surface area contributed by atoms with E-state index in [0.29, 0.717) is 11.4 Å². The number of hydrogen-bond acceptors (Lipinski definition) is 3. The molecule has 0 N–H and O–H groups in total. The number of esters is 1. The lowest BCUT2D eigenvalue weighted by Crippen LogP contribution is -2.24. The highest BCUT2D eigenvalue weighted by Crippen LogP contribution is 2.24. The van der Waals surface area contributed by atoms with Crippen LogP contribution in [0.2, 0.25) is 5.02 Å². The number of halogens is 1. The second-order valence-electron chi connectivity index (χ2n) is 5.02. The lowest BCUT2D eigenvalue weighted by atomic mass is 10.1. The van der Waals surface area contributed by atoms with Crippen LogP contribution in [-0.4, -0.2) is 22.9 Å². The third-order valence-corrected chi connectivity index (χ3v) is 3.84. The summed E-state index contributed by atoms with van der Waals surface area (Å²) < 4.78 is 6.64. The molecule has 0 spiro atoms. The van der Waals surface area contributed by atoms with Crippen molar-refractivity contribution in [3.05, 3.63) is 65.3 Å². The average molecular weight is 315 g/mol. The minimum absolute atomic E-state index is 0.325. The Balaban J connectivity index is 2.04. The van der Waals surface area contributed by atoms with E-state index in [4.69, 9.17) is 16.3 Å². The number of fused-ring (bicyclic) bond motifs is 1. The summed E-state index contributed by atoms with van der Waals surface area (Å²) in [6, 6.07) is 14.8. The van der Waals surface area contributed by atoms with E-state index < -0.39 is 6.04 Å². The standard InChI is InChI=1S/C17H15ClN2O2/c1-22-17(21)16(9-12-5-3-2-4-6-12)20-15-10-14(18)8-7-13(15)11-19-20/h2-8,10-11,16H,9H2,1H3. The molecular formula is C17H15ClN2O2. The van der Waals surface area contributed by atoms with Gasteiger partial charge in [0, 0.05) is 16.8 Å². The largest absolute Gasteiger partial charge is 0.467 e. The summed E-state index contributed by atoms with van der Waals surface area (Å²) in [5, 5.41) is 5.90. The molecular weight excluding hydrogens is 300 g/mol. The topological polar surface area (TPSA) is 44.1 Å². The van der Waals surface area contributed by atoms with Crippen molar-refractivity contribution in [2.75, 3.05) is 7.11 Å². The summed E-state index contributed by atoms with van der Waals surface area (Å²) in [6.45, 7) is 0. The molecule has 0 bridgehead atoms. The van der Waals surface area contributed by atoms with Gasteiger partial charge in [-0.3, -0.25) is 4.68 Å². The van der Waals surface area contributed by atoms with Gasteiger partial charge in [0.25, 0.3) is 0 Å². The van der Waals surface area contributed by atoms with Crippen molar-refractivity contribution in [3.8, 4) is 0 Å². The Morgan fingerprint density at radius 2 is 2.05 bits per heavy atom. The van der Waals surface area contributed by atoms with Gasteiger partial charge in [0.05, 0.1) is 18.8 Å². The summed E-state index contributed by atoms with van der Waals surface area (Å²) in [5.74, 6) is -0.325. The Labute approximate surface area is 133 Å². The van der Waals surface area contributed by atoms with Crippen molar-refractivity contribution in [2.24, 2.45) is 0 Å². The van der Waals surface area contributed by atoms with Crippen molar-refractivity contribution >= 4 is 28.5 Å². The van der Waals surface area contributed by atoms with E-state index >= 15 is 0 Å². The van der Waals surface area contributed by atoms with Crippen LogP contribution in [0.25, 0.3) is 10.9 Å². The summed E-state index contributed by atoms with van der Waals surface area (Å²) in [5.41, 5.74) is 1.86. The summed E-state index contributed by atoms with van der Waals surface area (Å²) in [7, 11) is 1.39. The number of nitrogens with zero attached hydrogens (tertiary/aromatic N) is 2. The fraction of sp³-hybridized carbons (Fsp3) is 0.176. The first-order chi connectivity index (χ1) is 10.7. The van der Waals surface area contributed by atoms with Crippen LogP contribution in [0.15, 0.2) is 54.7 Å². The Kier molecular flexibility index (Phi) is 4.11. The minimum atomic E-state index is -0.525. The molecule has 22 heavy (non-hydrogen) atoms. The maximum absolute atomic E-state index is 12.2. The Morgan fingerprint density at radius 3 is 2.77 bits per heavy atom. The fourth-order valence-corrected chi connectivity index (χ4v) is 2.67. The zero-order valence-corrected chi connectivity index (χ0v) is 12.8. The third-order valence-electron chi connectivity index (χ3n) is 3.60. The smallest absolute Gasteiger partial charge is 0.331 e. The van der Waals surface area contributed by atoms with Crippen LogP contribution in [0.3, 0.4) is 0 Å². The number of ether oxygens (including phenoxy) is 1. The van der Waals surface area contributed by atoms with Crippen LogP contribution in [-0.2, 0) is 16.0 Å². The number of carbonyl (C=O) groups is 1. The first-order valence-electron chi connectivity index (χ1n) is 6.93. The molecule has 3 rings (SSSR count). The first kappa shape index (κ1) is 14.6. The predicted molar refractivity (Wildman–Crippen MR) is 85.9 cm³/mol. The van der Waals surface area contributed by atoms with Gasteiger partial charge >= 0.3 is 5.97 Å². The van der Waals surface area contributed by atoms with Crippen molar-refractivity contribution < 1.29 is 9.53 Å². The van der Waals surface area contributed by atoms with Crippen molar-refractivity contribution in [1.82, 2.24) is 9.78 Å². The Bertz CT molecular complexity index is 799. The van der Waals surface area contributed by atoms with E-state index in [-0.39, 0.29) is 5.97 Å². The van der Waals surface area contributed by atoms with E-state index in [1.807, 2.05) is 42.5 Å². The molecule has 0 fully saturated rings. The quantitative estimate of drug-likeness (QED) is 0.690. The zero-order valence-electron chi connectivity index (χ0n) is 12.1. The zero-order chi connectivity index (χ0) is 15.5. The summed E-state index contributed by atoms with van der Waals surface area (Å²) in [4.78, 5) is 12.2. The molecule has 1 unspecified atom stereocenters. The van der Waals surface area contributed by atoms with Gasteiger partial charge in [0.1, 0.15) is 0 Å². The highest BCUT2D eigenvalue weighted by atomic mass is 35.5. The molecule has 0 aliphatic rings. The van der Waals surface area contributed by atoms with Crippen LogP contribution in [0.5, 0.6) is 0 Å². The fourth-order valence-electron chi connectivity index (χ4n) is 2.50. The number of benzene rings is 2. The highest BCUT2D eigenvalue weighted by molar-refractivity contribution is 6.31.